The SMILES string of the molecule is Cc1ccc2nc(N3C(=O)C(=O)/C(=C(/O)c4ccc5c(c4)OCCO5)[C@@H]3c3ccc(Cl)cc3)sc2c1. The first-order valence-corrected chi connectivity index (χ1v) is 12.4. The molecule has 3 heterocycles. The van der Waals surface area contributed by atoms with E-state index in [4.69, 9.17) is 21.1 Å². The van der Waals surface area contributed by atoms with E-state index < -0.39 is 17.7 Å². The van der Waals surface area contributed by atoms with E-state index in [1.54, 1.807) is 42.5 Å². The number of aryl methyl sites for hydroxylation is 1. The molecule has 1 atom stereocenters. The quantitative estimate of drug-likeness (QED) is 0.214. The van der Waals surface area contributed by atoms with Gasteiger partial charge in [0.25, 0.3) is 5.78 Å². The summed E-state index contributed by atoms with van der Waals surface area (Å²) >= 11 is 7.43. The molecule has 0 bridgehead atoms. The molecule has 2 aliphatic heterocycles. The van der Waals surface area contributed by atoms with Crippen molar-refractivity contribution in [1.82, 2.24) is 4.98 Å². The van der Waals surface area contributed by atoms with Crippen molar-refractivity contribution in [3.8, 4) is 11.5 Å². The number of rotatable bonds is 3. The van der Waals surface area contributed by atoms with Crippen molar-refractivity contribution in [2.75, 3.05) is 18.1 Å². The van der Waals surface area contributed by atoms with Crippen LogP contribution in [0.5, 0.6) is 11.5 Å². The number of ether oxygens (including phenoxy) is 2. The third-order valence-electron chi connectivity index (χ3n) is 6.18. The maximum Gasteiger partial charge on any atom is 0.301 e. The highest BCUT2D eigenvalue weighted by Crippen LogP contribution is 2.45. The van der Waals surface area contributed by atoms with E-state index in [9.17, 15) is 14.7 Å². The molecule has 2 aliphatic rings. The molecule has 1 saturated heterocycles. The van der Waals surface area contributed by atoms with Crippen LogP contribution in [0.3, 0.4) is 0 Å². The average molecular weight is 519 g/mol. The minimum absolute atomic E-state index is 0.0329. The number of benzene rings is 3. The van der Waals surface area contributed by atoms with E-state index >= 15 is 0 Å². The van der Waals surface area contributed by atoms with Crippen LogP contribution in [0, 0.1) is 6.92 Å². The van der Waals surface area contributed by atoms with Crippen molar-refractivity contribution >= 4 is 55.7 Å². The normalized spacial score (nSPS) is 18.7. The summed E-state index contributed by atoms with van der Waals surface area (Å²) in [6, 6.07) is 16.7. The Balaban J connectivity index is 1.54. The number of hydrogen-bond donors (Lipinski definition) is 1. The molecule has 3 aromatic carbocycles. The van der Waals surface area contributed by atoms with Gasteiger partial charge in [-0.25, -0.2) is 4.98 Å². The minimum Gasteiger partial charge on any atom is -0.507 e. The molecule has 1 N–H and O–H groups in total. The van der Waals surface area contributed by atoms with E-state index in [0.717, 1.165) is 15.8 Å². The Hall–Kier alpha value is -3.88. The number of fused-ring (bicyclic) bond motifs is 2. The van der Waals surface area contributed by atoms with E-state index in [1.165, 1.54) is 16.2 Å². The lowest BCUT2D eigenvalue weighted by Gasteiger charge is -2.23. The van der Waals surface area contributed by atoms with Crippen LogP contribution in [0.1, 0.15) is 22.7 Å². The van der Waals surface area contributed by atoms with Crippen molar-refractivity contribution in [3.63, 3.8) is 0 Å². The fourth-order valence-corrected chi connectivity index (χ4v) is 5.68. The van der Waals surface area contributed by atoms with Crippen LogP contribution in [0.2, 0.25) is 5.02 Å². The number of nitrogens with zero attached hydrogens (tertiary/aromatic N) is 2. The predicted octanol–water partition coefficient (Wildman–Crippen LogP) is 5.66. The highest BCUT2D eigenvalue weighted by molar-refractivity contribution is 7.22. The second-order valence-corrected chi connectivity index (χ2v) is 9.99. The molecule has 9 heteroatoms. The topological polar surface area (TPSA) is 89.0 Å². The summed E-state index contributed by atoms with van der Waals surface area (Å²) in [5.41, 5.74) is 2.72. The van der Waals surface area contributed by atoms with Gasteiger partial charge in [0.15, 0.2) is 16.6 Å². The van der Waals surface area contributed by atoms with Crippen molar-refractivity contribution in [3.05, 3.63) is 87.9 Å². The lowest BCUT2D eigenvalue weighted by molar-refractivity contribution is -0.132. The summed E-state index contributed by atoms with van der Waals surface area (Å²) in [5, 5.41) is 12.3. The van der Waals surface area contributed by atoms with Gasteiger partial charge in [-0.05, 0) is 60.5 Å². The highest BCUT2D eigenvalue weighted by atomic mass is 35.5. The molecular weight excluding hydrogens is 500 g/mol. The number of halogens is 1. The molecule has 0 aliphatic carbocycles. The summed E-state index contributed by atoms with van der Waals surface area (Å²) in [6.45, 7) is 2.79. The molecule has 0 unspecified atom stereocenters. The predicted molar refractivity (Wildman–Crippen MR) is 138 cm³/mol. The van der Waals surface area contributed by atoms with Crippen LogP contribution in [-0.4, -0.2) is 35.0 Å². The van der Waals surface area contributed by atoms with E-state index in [-0.39, 0.29) is 11.3 Å². The molecule has 36 heavy (non-hydrogen) atoms. The summed E-state index contributed by atoms with van der Waals surface area (Å²) < 4.78 is 12.1. The first-order valence-electron chi connectivity index (χ1n) is 11.2. The number of carbonyl (C=O) groups is 2. The number of amides is 1. The number of aliphatic hydroxyl groups excluding tert-OH is 1. The van der Waals surface area contributed by atoms with Gasteiger partial charge < -0.3 is 14.6 Å². The molecular formula is C27H19ClN2O5S. The van der Waals surface area contributed by atoms with Gasteiger partial charge in [-0.2, -0.15) is 0 Å². The molecule has 0 saturated carbocycles. The van der Waals surface area contributed by atoms with Gasteiger partial charge in [-0.1, -0.05) is 41.1 Å². The Labute approximate surface area is 215 Å². The Morgan fingerprint density at radius 1 is 1.03 bits per heavy atom. The molecule has 1 amide bonds. The highest BCUT2D eigenvalue weighted by Gasteiger charge is 2.48. The van der Waals surface area contributed by atoms with Crippen LogP contribution in [0.15, 0.2) is 66.2 Å². The lowest BCUT2D eigenvalue weighted by atomic mass is 9.95. The maximum absolute atomic E-state index is 13.4. The number of aromatic nitrogens is 1. The summed E-state index contributed by atoms with van der Waals surface area (Å²) in [5.74, 6) is -0.839. The van der Waals surface area contributed by atoms with Gasteiger partial charge in [-0.3, -0.25) is 14.5 Å². The fourth-order valence-electron chi connectivity index (χ4n) is 4.46. The maximum atomic E-state index is 13.4. The number of carbonyl (C=O) groups excluding carboxylic acids is 2. The monoisotopic (exact) mass is 518 g/mol. The van der Waals surface area contributed by atoms with Crippen LogP contribution in [0.4, 0.5) is 5.13 Å². The Morgan fingerprint density at radius 2 is 1.78 bits per heavy atom. The third-order valence-corrected chi connectivity index (χ3v) is 7.45. The second kappa shape index (κ2) is 8.65. The first kappa shape index (κ1) is 22.6. The second-order valence-electron chi connectivity index (χ2n) is 8.55. The van der Waals surface area contributed by atoms with Crippen LogP contribution in [-0.2, 0) is 9.59 Å². The van der Waals surface area contributed by atoms with Gasteiger partial charge in [0.05, 0.1) is 21.8 Å². The fraction of sp³-hybridized carbons (Fsp3) is 0.148. The van der Waals surface area contributed by atoms with Gasteiger partial charge >= 0.3 is 5.91 Å². The number of aliphatic hydroxyl groups is 1. The van der Waals surface area contributed by atoms with Crippen molar-refractivity contribution < 1.29 is 24.2 Å². The van der Waals surface area contributed by atoms with Gasteiger partial charge in [0, 0.05) is 10.6 Å². The van der Waals surface area contributed by atoms with Crippen LogP contribution < -0.4 is 14.4 Å². The van der Waals surface area contributed by atoms with E-state index in [1.807, 2.05) is 25.1 Å². The van der Waals surface area contributed by atoms with Crippen molar-refractivity contribution in [2.45, 2.75) is 13.0 Å². The number of anilines is 1. The largest absolute Gasteiger partial charge is 0.507 e. The third kappa shape index (κ3) is 3.70. The molecule has 0 spiro atoms. The number of Topliss-reactive ketones (excluding diaryl/α,β-unsaturated/α-hetero) is 1. The molecule has 1 aromatic heterocycles. The molecule has 1 fully saturated rings. The Kier molecular flexibility index (Phi) is 5.43. The lowest BCUT2D eigenvalue weighted by Crippen LogP contribution is -2.29. The molecule has 4 aromatic rings. The van der Waals surface area contributed by atoms with Crippen LogP contribution >= 0.6 is 22.9 Å². The van der Waals surface area contributed by atoms with E-state index in [2.05, 4.69) is 4.98 Å². The molecule has 7 nitrogen and oxygen atoms in total. The van der Waals surface area contributed by atoms with Gasteiger partial charge in [0.2, 0.25) is 0 Å². The molecule has 180 valence electrons. The van der Waals surface area contributed by atoms with E-state index in [0.29, 0.717) is 46.0 Å². The van der Waals surface area contributed by atoms with Crippen molar-refractivity contribution in [2.24, 2.45) is 0 Å². The van der Waals surface area contributed by atoms with Crippen molar-refractivity contribution in [1.29, 1.82) is 0 Å². The zero-order valence-electron chi connectivity index (χ0n) is 19.0. The molecule has 0 radical (unpaired) electrons. The zero-order valence-corrected chi connectivity index (χ0v) is 20.6. The summed E-state index contributed by atoms with van der Waals surface area (Å²) in [7, 11) is 0. The van der Waals surface area contributed by atoms with Gasteiger partial charge in [0.1, 0.15) is 19.0 Å². The van der Waals surface area contributed by atoms with Crippen LogP contribution in [0.25, 0.3) is 16.0 Å². The number of thiazole rings is 1. The summed E-state index contributed by atoms with van der Waals surface area (Å²) in [4.78, 5) is 32.8. The summed E-state index contributed by atoms with van der Waals surface area (Å²) in [6.07, 6.45) is 0. The standard InChI is InChI=1S/C27H19ClN2O5S/c1-14-2-8-18-21(12-14)36-27(29-18)30-23(15-3-6-17(28)7-4-15)22(25(32)26(30)33)24(31)16-5-9-19-20(13-16)35-11-10-34-19/h2-9,12-13,23,31H,10-11H2,1H3/b24-22+/t23-/m0/s1. The smallest absolute Gasteiger partial charge is 0.301 e. The first-order chi connectivity index (χ1) is 17.4. The van der Waals surface area contributed by atoms with Gasteiger partial charge in [-0.15, -0.1) is 0 Å². The Bertz CT molecular complexity index is 1580. The minimum atomic E-state index is -0.892. The number of hydrogen-bond acceptors (Lipinski definition) is 7. The number of ketones is 1. The Morgan fingerprint density at radius 3 is 2.56 bits per heavy atom. The zero-order chi connectivity index (χ0) is 25.0. The molecule has 6 rings (SSSR count). The average Bonchev–Trinajstić information content (AvgIpc) is 3.41.